The van der Waals surface area contributed by atoms with E-state index in [4.69, 9.17) is 0 Å². The Morgan fingerprint density at radius 1 is 1.24 bits per heavy atom. The molecule has 0 radical (unpaired) electrons. The van der Waals surface area contributed by atoms with Gasteiger partial charge in [-0.05, 0) is 44.7 Å². The molecule has 0 N–H and O–H groups in total. The lowest BCUT2D eigenvalue weighted by Gasteiger charge is -2.37. The maximum absolute atomic E-state index is 12.2. The first-order valence-electron chi connectivity index (χ1n) is 8.18. The molecule has 3 heteroatoms. The van der Waals surface area contributed by atoms with Crippen molar-refractivity contribution in [2.24, 2.45) is 5.92 Å². The Morgan fingerprint density at radius 3 is 2.62 bits per heavy atom. The molecule has 21 heavy (non-hydrogen) atoms. The van der Waals surface area contributed by atoms with Crippen LogP contribution in [0.1, 0.15) is 36.8 Å². The number of carbonyl (C=O) groups excluding carboxylic acids is 1. The van der Waals surface area contributed by atoms with Gasteiger partial charge in [0.15, 0.2) is 0 Å². The first-order valence-corrected chi connectivity index (χ1v) is 8.18. The van der Waals surface area contributed by atoms with Gasteiger partial charge in [-0.2, -0.15) is 0 Å². The van der Waals surface area contributed by atoms with Gasteiger partial charge in [0, 0.05) is 32.1 Å². The fourth-order valence-electron chi connectivity index (χ4n) is 3.24. The minimum absolute atomic E-state index is 0.336. The lowest BCUT2D eigenvalue weighted by Crippen LogP contribution is -2.48. The van der Waals surface area contributed by atoms with Gasteiger partial charge in [0.2, 0.25) is 5.91 Å². The third-order valence-electron chi connectivity index (χ3n) is 4.83. The first kappa shape index (κ1) is 14.6. The quantitative estimate of drug-likeness (QED) is 0.850. The van der Waals surface area contributed by atoms with Crippen LogP contribution in [-0.2, 0) is 11.3 Å². The molecule has 1 heterocycles. The van der Waals surface area contributed by atoms with Crippen LogP contribution in [0.25, 0.3) is 0 Å². The number of hydrogen-bond donors (Lipinski definition) is 0. The minimum Gasteiger partial charge on any atom is -0.341 e. The zero-order chi connectivity index (χ0) is 14.8. The van der Waals surface area contributed by atoms with Crippen LogP contribution in [0.2, 0.25) is 0 Å². The number of aryl methyl sites for hydroxylation is 1. The molecule has 2 fully saturated rings. The van der Waals surface area contributed by atoms with Crippen molar-refractivity contribution in [3.63, 3.8) is 0 Å². The van der Waals surface area contributed by atoms with E-state index in [0.29, 0.717) is 17.9 Å². The predicted molar refractivity (Wildman–Crippen MR) is 85.0 cm³/mol. The van der Waals surface area contributed by atoms with Crippen molar-refractivity contribution in [3.05, 3.63) is 35.4 Å². The van der Waals surface area contributed by atoms with E-state index in [0.717, 1.165) is 38.9 Å². The maximum Gasteiger partial charge on any atom is 0.225 e. The summed E-state index contributed by atoms with van der Waals surface area (Å²) in [5.74, 6) is 0.708. The second-order valence-electron chi connectivity index (χ2n) is 6.74. The number of likely N-dealkylation sites (tertiary alicyclic amines) is 1. The van der Waals surface area contributed by atoms with E-state index in [9.17, 15) is 4.79 Å². The highest BCUT2D eigenvalue weighted by molar-refractivity contribution is 5.81. The summed E-state index contributed by atoms with van der Waals surface area (Å²) in [4.78, 5) is 16.7. The molecule has 2 aliphatic rings. The van der Waals surface area contributed by atoms with Crippen molar-refractivity contribution >= 4 is 5.91 Å². The second-order valence-corrected chi connectivity index (χ2v) is 6.74. The number of piperidine rings is 1. The van der Waals surface area contributed by atoms with Crippen LogP contribution < -0.4 is 0 Å². The molecular weight excluding hydrogens is 260 g/mol. The fourth-order valence-corrected chi connectivity index (χ4v) is 3.24. The molecule has 1 aromatic carbocycles. The highest BCUT2D eigenvalue weighted by atomic mass is 16.2. The van der Waals surface area contributed by atoms with E-state index in [-0.39, 0.29) is 0 Å². The van der Waals surface area contributed by atoms with Crippen LogP contribution in [0.3, 0.4) is 0 Å². The zero-order valence-electron chi connectivity index (χ0n) is 13.2. The van der Waals surface area contributed by atoms with Crippen LogP contribution in [0, 0.1) is 12.8 Å². The molecule has 1 atom stereocenters. The highest BCUT2D eigenvalue weighted by Gasteiger charge is 2.35. The van der Waals surface area contributed by atoms with Crippen molar-refractivity contribution in [1.82, 2.24) is 9.80 Å². The first-order chi connectivity index (χ1) is 10.1. The number of hydrogen-bond acceptors (Lipinski definition) is 2. The van der Waals surface area contributed by atoms with Gasteiger partial charge in [0.1, 0.15) is 0 Å². The standard InChI is InChI=1S/C18H26N2O/c1-14-5-7-15(8-6-14)12-20-11-3-4-17(13-20)19(2)18(21)16-9-10-16/h5-8,16-17H,3-4,9-13H2,1-2H3. The lowest BCUT2D eigenvalue weighted by molar-refractivity contribution is -0.134. The molecule has 0 aromatic heterocycles. The molecule has 0 bridgehead atoms. The Morgan fingerprint density at radius 2 is 1.95 bits per heavy atom. The molecule has 3 nitrogen and oxygen atoms in total. The third kappa shape index (κ3) is 3.65. The molecule has 3 rings (SSSR count). The van der Waals surface area contributed by atoms with Gasteiger partial charge >= 0.3 is 0 Å². The Bertz CT molecular complexity index is 492. The summed E-state index contributed by atoms with van der Waals surface area (Å²) >= 11 is 0. The SMILES string of the molecule is Cc1ccc(CN2CCCC(N(C)C(=O)C3CC3)C2)cc1. The lowest BCUT2D eigenvalue weighted by atomic mass is 10.0. The van der Waals surface area contributed by atoms with Crippen LogP contribution in [0.5, 0.6) is 0 Å². The van der Waals surface area contributed by atoms with Crippen LogP contribution in [0.4, 0.5) is 0 Å². The van der Waals surface area contributed by atoms with E-state index in [1.807, 2.05) is 11.9 Å². The van der Waals surface area contributed by atoms with Gasteiger partial charge in [-0.15, -0.1) is 0 Å². The summed E-state index contributed by atoms with van der Waals surface area (Å²) in [5.41, 5.74) is 2.68. The average Bonchev–Trinajstić information content (AvgIpc) is 3.33. The zero-order valence-corrected chi connectivity index (χ0v) is 13.2. The Kier molecular flexibility index (Phi) is 4.29. The summed E-state index contributed by atoms with van der Waals surface area (Å²) < 4.78 is 0. The van der Waals surface area contributed by atoms with Gasteiger partial charge < -0.3 is 4.90 Å². The highest BCUT2D eigenvalue weighted by Crippen LogP contribution is 2.32. The van der Waals surface area contributed by atoms with Crippen molar-refractivity contribution in [2.45, 2.75) is 45.2 Å². The summed E-state index contributed by atoms with van der Waals surface area (Å²) in [5, 5.41) is 0. The summed E-state index contributed by atoms with van der Waals surface area (Å²) in [6.45, 7) is 5.29. The van der Waals surface area contributed by atoms with Crippen molar-refractivity contribution in [2.75, 3.05) is 20.1 Å². The van der Waals surface area contributed by atoms with Crippen molar-refractivity contribution in [1.29, 1.82) is 0 Å². The minimum atomic E-state index is 0.336. The number of benzene rings is 1. The van der Waals surface area contributed by atoms with Crippen molar-refractivity contribution in [3.8, 4) is 0 Å². The van der Waals surface area contributed by atoms with Gasteiger partial charge in [-0.3, -0.25) is 9.69 Å². The summed E-state index contributed by atoms with van der Waals surface area (Å²) in [7, 11) is 2.00. The Balaban J connectivity index is 1.57. The topological polar surface area (TPSA) is 23.6 Å². The molecule has 1 aliphatic heterocycles. The van der Waals surface area contributed by atoms with Gasteiger partial charge in [-0.25, -0.2) is 0 Å². The number of rotatable bonds is 4. The smallest absolute Gasteiger partial charge is 0.225 e. The largest absolute Gasteiger partial charge is 0.341 e. The Hall–Kier alpha value is -1.35. The van der Waals surface area contributed by atoms with Crippen molar-refractivity contribution < 1.29 is 4.79 Å². The number of amides is 1. The number of carbonyl (C=O) groups is 1. The predicted octanol–water partition coefficient (Wildman–Crippen LogP) is 2.83. The van der Waals surface area contributed by atoms with Crippen LogP contribution in [0.15, 0.2) is 24.3 Å². The van der Waals surface area contributed by atoms with Crippen LogP contribution in [-0.4, -0.2) is 41.9 Å². The summed E-state index contributed by atoms with van der Waals surface area (Å²) in [6.07, 6.45) is 4.55. The Labute approximate surface area is 127 Å². The van der Waals surface area contributed by atoms with Gasteiger partial charge in [-0.1, -0.05) is 29.8 Å². The van der Waals surface area contributed by atoms with Crippen LogP contribution >= 0.6 is 0 Å². The van der Waals surface area contributed by atoms with Gasteiger partial charge in [0.05, 0.1) is 0 Å². The molecule has 1 saturated carbocycles. The van der Waals surface area contributed by atoms with E-state index in [2.05, 4.69) is 36.1 Å². The average molecular weight is 286 g/mol. The van der Waals surface area contributed by atoms with E-state index in [1.54, 1.807) is 0 Å². The molecule has 1 unspecified atom stereocenters. The summed E-state index contributed by atoms with van der Waals surface area (Å²) in [6, 6.07) is 9.20. The molecule has 1 saturated heterocycles. The van der Waals surface area contributed by atoms with E-state index < -0.39 is 0 Å². The molecule has 0 spiro atoms. The molecular formula is C18H26N2O. The molecule has 1 aliphatic carbocycles. The molecule has 114 valence electrons. The molecule has 1 aromatic rings. The fraction of sp³-hybridized carbons (Fsp3) is 0.611. The number of likely N-dealkylation sites (N-methyl/N-ethyl adjacent to an activating group) is 1. The van der Waals surface area contributed by atoms with E-state index >= 15 is 0 Å². The van der Waals surface area contributed by atoms with E-state index in [1.165, 1.54) is 17.5 Å². The number of nitrogens with zero attached hydrogens (tertiary/aromatic N) is 2. The third-order valence-corrected chi connectivity index (χ3v) is 4.83. The maximum atomic E-state index is 12.2. The molecule has 1 amide bonds. The normalized spacial score (nSPS) is 23.0. The van der Waals surface area contributed by atoms with Gasteiger partial charge in [0.25, 0.3) is 0 Å². The monoisotopic (exact) mass is 286 g/mol. The second kappa shape index (κ2) is 6.18.